The molecule has 0 amide bonds. The normalized spacial score (nSPS) is 10.5. The fourth-order valence-corrected chi connectivity index (χ4v) is 1.42. The topological polar surface area (TPSA) is 33.1 Å². The lowest BCUT2D eigenvalue weighted by Crippen LogP contribution is -1.81. The van der Waals surface area contributed by atoms with Gasteiger partial charge >= 0.3 is 0 Å². The number of aromatic hydroxyl groups is 1. The van der Waals surface area contributed by atoms with Gasteiger partial charge in [0.15, 0.2) is 0 Å². The van der Waals surface area contributed by atoms with E-state index in [2.05, 4.69) is 4.98 Å². The molecule has 0 saturated heterocycles. The molecule has 0 aliphatic rings. The van der Waals surface area contributed by atoms with Gasteiger partial charge in [0.1, 0.15) is 5.75 Å². The third-order valence-electron chi connectivity index (χ3n) is 1.89. The van der Waals surface area contributed by atoms with E-state index in [1.165, 1.54) is 6.20 Å². The zero-order valence-corrected chi connectivity index (χ0v) is 7.62. The summed E-state index contributed by atoms with van der Waals surface area (Å²) in [6, 6.07) is 7.43. The van der Waals surface area contributed by atoms with Crippen LogP contribution in [0.5, 0.6) is 5.75 Å². The van der Waals surface area contributed by atoms with Gasteiger partial charge in [-0.1, -0.05) is 6.07 Å². The molecular formula is C10H8ClNO. The lowest BCUT2D eigenvalue weighted by atomic mass is 10.1. The van der Waals surface area contributed by atoms with Crippen molar-refractivity contribution < 1.29 is 5.11 Å². The van der Waals surface area contributed by atoms with Crippen molar-refractivity contribution in [3.05, 3.63) is 36.0 Å². The zero-order chi connectivity index (χ0) is 9.26. The van der Waals surface area contributed by atoms with Crippen LogP contribution in [0, 0.1) is 0 Å². The number of halogens is 1. The molecule has 0 radical (unpaired) electrons. The number of rotatable bonds is 1. The third kappa shape index (κ3) is 1.58. The molecule has 1 heterocycles. The van der Waals surface area contributed by atoms with Crippen molar-refractivity contribution in [1.29, 1.82) is 0 Å². The van der Waals surface area contributed by atoms with Crippen molar-refractivity contribution in [2.24, 2.45) is 0 Å². The Morgan fingerprint density at radius 3 is 2.92 bits per heavy atom. The highest BCUT2D eigenvalue weighted by Gasteiger charge is 1.97. The largest absolute Gasteiger partial charge is 0.506 e. The van der Waals surface area contributed by atoms with Gasteiger partial charge in [-0.15, -0.1) is 11.6 Å². The number of nitrogens with zero attached hydrogens (tertiary/aromatic N) is 1. The zero-order valence-electron chi connectivity index (χ0n) is 6.87. The number of hydrogen-bond donors (Lipinski definition) is 1. The van der Waals surface area contributed by atoms with Crippen LogP contribution in [0.25, 0.3) is 10.9 Å². The molecule has 2 aromatic rings. The van der Waals surface area contributed by atoms with Crippen LogP contribution in [0.15, 0.2) is 30.5 Å². The van der Waals surface area contributed by atoms with Crippen molar-refractivity contribution in [2.45, 2.75) is 5.88 Å². The summed E-state index contributed by atoms with van der Waals surface area (Å²) in [5, 5.41) is 10.1. The Balaban J connectivity index is 2.68. The first-order valence-corrected chi connectivity index (χ1v) is 4.46. The van der Waals surface area contributed by atoms with Crippen LogP contribution in [0.2, 0.25) is 0 Å². The van der Waals surface area contributed by atoms with E-state index in [9.17, 15) is 5.11 Å². The van der Waals surface area contributed by atoms with Crippen LogP contribution in [0.4, 0.5) is 0 Å². The fourth-order valence-electron chi connectivity index (χ4n) is 1.25. The maximum absolute atomic E-state index is 9.20. The quantitative estimate of drug-likeness (QED) is 0.707. The lowest BCUT2D eigenvalue weighted by Gasteiger charge is -1.99. The molecule has 2 rings (SSSR count). The minimum absolute atomic E-state index is 0.180. The first kappa shape index (κ1) is 8.32. The van der Waals surface area contributed by atoms with Crippen molar-refractivity contribution >= 4 is 22.5 Å². The average Bonchev–Trinajstić information content (AvgIpc) is 2.16. The van der Waals surface area contributed by atoms with Gasteiger partial charge in [-0.2, -0.15) is 0 Å². The molecule has 0 aliphatic carbocycles. The predicted octanol–water partition coefficient (Wildman–Crippen LogP) is 2.68. The average molecular weight is 194 g/mol. The van der Waals surface area contributed by atoms with Gasteiger partial charge in [0.05, 0.1) is 11.7 Å². The molecule has 66 valence electrons. The Morgan fingerprint density at radius 1 is 1.31 bits per heavy atom. The summed E-state index contributed by atoms with van der Waals surface area (Å²) in [5.41, 5.74) is 1.90. The van der Waals surface area contributed by atoms with Crippen LogP contribution in [-0.2, 0) is 5.88 Å². The summed E-state index contributed by atoms with van der Waals surface area (Å²) in [5.74, 6) is 0.658. The number of pyridine rings is 1. The van der Waals surface area contributed by atoms with Crippen molar-refractivity contribution in [2.75, 3.05) is 0 Å². The van der Waals surface area contributed by atoms with Crippen molar-refractivity contribution in [1.82, 2.24) is 4.98 Å². The molecule has 1 aromatic heterocycles. The molecular weight excluding hydrogens is 186 g/mol. The monoisotopic (exact) mass is 193 g/mol. The van der Waals surface area contributed by atoms with E-state index >= 15 is 0 Å². The van der Waals surface area contributed by atoms with Crippen LogP contribution in [0.3, 0.4) is 0 Å². The summed E-state index contributed by atoms with van der Waals surface area (Å²) in [4.78, 5) is 4.06. The second-order valence-corrected chi connectivity index (χ2v) is 3.12. The number of alkyl halides is 1. The Labute approximate surface area is 80.8 Å². The van der Waals surface area contributed by atoms with E-state index in [0.29, 0.717) is 5.88 Å². The predicted molar refractivity (Wildman–Crippen MR) is 53.0 cm³/mol. The van der Waals surface area contributed by atoms with Crippen LogP contribution >= 0.6 is 11.6 Å². The smallest absolute Gasteiger partial charge is 0.134 e. The van der Waals surface area contributed by atoms with Gasteiger partial charge in [0, 0.05) is 11.3 Å². The van der Waals surface area contributed by atoms with E-state index in [0.717, 1.165) is 16.5 Å². The molecule has 1 N–H and O–H groups in total. The Hall–Kier alpha value is -1.28. The van der Waals surface area contributed by atoms with Crippen LogP contribution in [0.1, 0.15) is 5.56 Å². The van der Waals surface area contributed by atoms with Crippen LogP contribution < -0.4 is 0 Å². The minimum atomic E-state index is 0.180. The van der Waals surface area contributed by atoms with Gasteiger partial charge in [0.2, 0.25) is 0 Å². The van der Waals surface area contributed by atoms with E-state index < -0.39 is 0 Å². The molecule has 0 atom stereocenters. The Kier molecular flexibility index (Phi) is 2.07. The van der Waals surface area contributed by atoms with Crippen molar-refractivity contribution in [3.63, 3.8) is 0 Å². The summed E-state index contributed by atoms with van der Waals surface area (Å²) in [6.07, 6.45) is 1.43. The highest BCUT2D eigenvalue weighted by molar-refractivity contribution is 6.17. The molecule has 0 bridgehead atoms. The summed E-state index contributed by atoms with van der Waals surface area (Å²) in [7, 11) is 0. The van der Waals surface area contributed by atoms with E-state index in [1.54, 1.807) is 6.07 Å². The molecule has 3 heteroatoms. The standard InChI is InChI=1S/C10H8ClNO/c11-5-7-1-2-10-8(3-7)4-9(13)6-12-10/h1-4,6,13H,5H2. The minimum Gasteiger partial charge on any atom is -0.506 e. The second kappa shape index (κ2) is 3.23. The summed E-state index contributed by atoms with van der Waals surface area (Å²) < 4.78 is 0. The first-order chi connectivity index (χ1) is 6.29. The number of aromatic nitrogens is 1. The maximum atomic E-state index is 9.20. The summed E-state index contributed by atoms with van der Waals surface area (Å²) in [6.45, 7) is 0. The molecule has 0 spiro atoms. The number of hydrogen-bond acceptors (Lipinski definition) is 2. The Bertz CT molecular complexity index is 442. The van der Waals surface area contributed by atoms with Gasteiger partial charge in [-0.05, 0) is 23.8 Å². The lowest BCUT2D eigenvalue weighted by molar-refractivity contribution is 0.474. The van der Waals surface area contributed by atoms with Gasteiger partial charge in [0.25, 0.3) is 0 Å². The Morgan fingerprint density at radius 2 is 2.15 bits per heavy atom. The van der Waals surface area contributed by atoms with Gasteiger partial charge in [-0.3, -0.25) is 4.98 Å². The SMILES string of the molecule is Oc1cnc2ccc(CCl)cc2c1. The van der Waals surface area contributed by atoms with Gasteiger partial charge in [-0.25, -0.2) is 0 Å². The highest BCUT2D eigenvalue weighted by Crippen LogP contribution is 2.19. The van der Waals surface area contributed by atoms with E-state index in [-0.39, 0.29) is 5.75 Å². The molecule has 13 heavy (non-hydrogen) atoms. The molecule has 1 aromatic carbocycles. The van der Waals surface area contributed by atoms with E-state index in [4.69, 9.17) is 11.6 Å². The molecule has 0 fully saturated rings. The molecule has 2 nitrogen and oxygen atoms in total. The van der Waals surface area contributed by atoms with Crippen molar-refractivity contribution in [3.8, 4) is 5.75 Å². The van der Waals surface area contributed by atoms with Gasteiger partial charge < -0.3 is 5.11 Å². The number of benzene rings is 1. The van der Waals surface area contributed by atoms with E-state index in [1.807, 2.05) is 18.2 Å². The number of fused-ring (bicyclic) bond motifs is 1. The van der Waals surface area contributed by atoms with Crippen LogP contribution in [-0.4, -0.2) is 10.1 Å². The third-order valence-corrected chi connectivity index (χ3v) is 2.19. The maximum Gasteiger partial charge on any atom is 0.134 e. The second-order valence-electron chi connectivity index (χ2n) is 2.85. The molecule has 0 saturated carbocycles. The summed E-state index contributed by atoms with van der Waals surface area (Å²) >= 11 is 5.68. The molecule has 0 unspecified atom stereocenters. The fraction of sp³-hybridized carbons (Fsp3) is 0.100. The first-order valence-electron chi connectivity index (χ1n) is 3.93. The highest BCUT2D eigenvalue weighted by atomic mass is 35.5. The molecule has 0 aliphatic heterocycles.